The number of fused-ring (bicyclic) bond motifs is 1. The van der Waals surface area contributed by atoms with E-state index in [0.29, 0.717) is 5.56 Å². The summed E-state index contributed by atoms with van der Waals surface area (Å²) in [6.45, 7) is 0.739. The first-order valence-electron chi connectivity index (χ1n) is 7.24. The number of aryl methyl sites for hydroxylation is 2. The highest BCUT2D eigenvalue weighted by molar-refractivity contribution is 5.97. The van der Waals surface area contributed by atoms with E-state index in [1.165, 1.54) is 5.56 Å². The van der Waals surface area contributed by atoms with Crippen LogP contribution in [0.5, 0.6) is 5.75 Å². The molecule has 1 amide bonds. The van der Waals surface area contributed by atoms with Crippen LogP contribution in [0, 0.1) is 0 Å². The molecular weight excluding hydrogens is 294 g/mol. The van der Waals surface area contributed by atoms with Crippen LogP contribution >= 0.6 is 0 Å². The fourth-order valence-corrected chi connectivity index (χ4v) is 2.42. The minimum absolute atomic E-state index is 0.375. The molecule has 2 aromatic carbocycles. The van der Waals surface area contributed by atoms with Crippen molar-refractivity contribution < 1.29 is 14.7 Å². The molecule has 1 heterocycles. The number of nitrogens with one attached hydrogen (secondary N) is 1. The van der Waals surface area contributed by atoms with Crippen molar-refractivity contribution in [2.75, 3.05) is 7.11 Å². The molecule has 0 saturated heterocycles. The Morgan fingerprint density at radius 1 is 1.26 bits per heavy atom. The lowest BCUT2D eigenvalue weighted by Crippen LogP contribution is -2.18. The molecule has 6 heteroatoms. The molecule has 0 aliphatic heterocycles. The summed E-state index contributed by atoms with van der Waals surface area (Å²) in [4.78, 5) is 11.4. The SMILES string of the molecule is COc1ccc(CCn2cc3ccc(C(=O)NO)cc3n2)cc1. The van der Waals surface area contributed by atoms with Crippen LogP contribution in [0.2, 0.25) is 0 Å². The highest BCUT2D eigenvalue weighted by Crippen LogP contribution is 2.16. The van der Waals surface area contributed by atoms with Gasteiger partial charge >= 0.3 is 0 Å². The summed E-state index contributed by atoms with van der Waals surface area (Å²) >= 11 is 0. The van der Waals surface area contributed by atoms with E-state index in [1.807, 2.05) is 41.2 Å². The molecule has 0 atom stereocenters. The summed E-state index contributed by atoms with van der Waals surface area (Å²) in [7, 11) is 1.65. The van der Waals surface area contributed by atoms with Crippen LogP contribution in [0.1, 0.15) is 15.9 Å². The van der Waals surface area contributed by atoms with Crippen LogP contribution in [0.4, 0.5) is 0 Å². The van der Waals surface area contributed by atoms with Crippen molar-refractivity contribution in [3.05, 3.63) is 59.8 Å². The third-order valence-corrected chi connectivity index (χ3v) is 3.71. The minimum Gasteiger partial charge on any atom is -0.497 e. The first-order valence-corrected chi connectivity index (χ1v) is 7.24. The molecule has 0 bridgehead atoms. The summed E-state index contributed by atoms with van der Waals surface area (Å²) in [6.07, 6.45) is 2.79. The summed E-state index contributed by atoms with van der Waals surface area (Å²) in [6, 6.07) is 13.1. The molecule has 0 aliphatic rings. The number of amides is 1. The third-order valence-electron chi connectivity index (χ3n) is 3.71. The Labute approximate surface area is 133 Å². The lowest BCUT2D eigenvalue weighted by atomic mass is 10.1. The summed E-state index contributed by atoms with van der Waals surface area (Å²) in [5.74, 6) is 0.299. The summed E-state index contributed by atoms with van der Waals surface area (Å²) < 4.78 is 7.00. The molecule has 0 unspecified atom stereocenters. The van der Waals surface area contributed by atoms with Gasteiger partial charge in [0.05, 0.1) is 12.6 Å². The minimum atomic E-state index is -0.542. The van der Waals surface area contributed by atoms with Crippen molar-refractivity contribution in [3.8, 4) is 5.75 Å². The Morgan fingerprint density at radius 3 is 2.74 bits per heavy atom. The lowest BCUT2D eigenvalue weighted by Gasteiger charge is -2.03. The number of rotatable bonds is 5. The number of hydroxylamine groups is 1. The van der Waals surface area contributed by atoms with Gasteiger partial charge in [0, 0.05) is 23.7 Å². The molecule has 118 valence electrons. The van der Waals surface area contributed by atoms with E-state index < -0.39 is 5.91 Å². The number of nitrogens with zero attached hydrogens (tertiary/aromatic N) is 2. The topological polar surface area (TPSA) is 76.4 Å². The molecule has 3 aromatic rings. The normalized spacial score (nSPS) is 10.7. The second-order valence-corrected chi connectivity index (χ2v) is 5.20. The Kier molecular flexibility index (Phi) is 4.25. The van der Waals surface area contributed by atoms with Crippen molar-refractivity contribution in [1.82, 2.24) is 15.3 Å². The Hall–Kier alpha value is -2.86. The van der Waals surface area contributed by atoms with E-state index in [1.54, 1.807) is 24.7 Å². The monoisotopic (exact) mass is 311 g/mol. The van der Waals surface area contributed by atoms with Crippen LogP contribution in [-0.2, 0) is 13.0 Å². The number of ether oxygens (including phenoxy) is 1. The lowest BCUT2D eigenvalue weighted by molar-refractivity contribution is 0.0706. The molecular formula is C17H17N3O3. The van der Waals surface area contributed by atoms with Gasteiger partial charge in [0.1, 0.15) is 5.75 Å². The number of hydrogen-bond acceptors (Lipinski definition) is 4. The van der Waals surface area contributed by atoms with Gasteiger partial charge in [-0.3, -0.25) is 14.7 Å². The summed E-state index contributed by atoms with van der Waals surface area (Å²) in [5.41, 5.74) is 3.92. The molecule has 3 rings (SSSR count). The predicted molar refractivity (Wildman–Crippen MR) is 85.7 cm³/mol. The molecule has 0 saturated carbocycles. The van der Waals surface area contributed by atoms with Crippen molar-refractivity contribution in [2.24, 2.45) is 0 Å². The number of carbonyl (C=O) groups is 1. The Balaban J connectivity index is 1.73. The maximum absolute atomic E-state index is 11.4. The van der Waals surface area contributed by atoms with Gasteiger partial charge in [0.25, 0.3) is 5.91 Å². The van der Waals surface area contributed by atoms with Gasteiger partial charge in [-0.2, -0.15) is 5.10 Å². The quantitative estimate of drug-likeness (QED) is 0.560. The first-order chi connectivity index (χ1) is 11.2. The highest BCUT2D eigenvalue weighted by Gasteiger charge is 2.07. The van der Waals surface area contributed by atoms with Gasteiger partial charge in [-0.1, -0.05) is 18.2 Å². The van der Waals surface area contributed by atoms with Gasteiger partial charge in [-0.25, -0.2) is 5.48 Å². The van der Waals surface area contributed by atoms with Gasteiger partial charge < -0.3 is 4.74 Å². The fourth-order valence-electron chi connectivity index (χ4n) is 2.42. The van der Waals surface area contributed by atoms with E-state index >= 15 is 0 Å². The van der Waals surface area contributed by atoms with E-state index in [4.69, 9.17) is 9.94 Å². The zero-order chi connectivity index (χ0) is 16.2. The number of carbonyl (C=O) groups excluding carboxylic acids is 1. The number of methoxy groups -OCH3 is 1. The van der Waals surface area contributed by atoms with Crippen LogP contribution in [0.3, 0.4) is 0 Å². The standard InChI is InChI=1S/C17H17N3O3/c1-23-15-6-2-12(3-7-15)8-9-20-11-14-5-4-13(17(21)19-22)10-16(14)18-20/h2-7,10-11,22H,8-9H2,1H3,(H,19,21). The van der Waals surface area contributed by atoms with E-state index in [2.05, 4.69) is 5.10 Å². The van der Waals surface area contributed by atoms with Gasteiger partial charge in [0.15, 0.2) is 0 Å². The van der Waals surface area contributed by atoms with Crippen molar-refractivity contribution in [2.45, 2.75) is 13.0 Å². The molecule has 6 nitrogen and oxygen atoms in total. The molecule has 0 fully saturated rings. The average Bonchev–Trinajstić information content (AvgIpc) is 3.01. The van der Waals surface area contributed by atoms with Crippen LogP contribution in [-0.4, -0.2) is 28.0 Å². The smallest absolute Gasteiger partial charge is 0.274 e. The second kappa shape index (κ2) is 6.50. The zero-order valence-corrected chi connectivity index (χ0v) is 12.7. The third kappa shape index (κ3) is 3.32. The molecule has 23 heavy (non-hydrogen) atoms. The van der Waals surface area contributed by atoms with Gasteiger partial charge in [0.2, 0.25) is 0 Å². The maximum Gasteiger partial charge on any atom is 0.274 e. The molecule has 0 spiro atoms. The first kappa shape index (κ1) is 15.1. The fraction of sp³-hybridized carbons (Fsp3) is 0.176. The molecule has 0 radical (unpaired) electrons. The largest absolute Gasteiger partial charge is 0.497 e. The number of benzene rings is 2. The van der Waals surface area contributed by atoms with Crippen LogP contribution in [0.25, 0.3) is 10.9 Å². The number of hydrogen-bond donors (Lipinski definition) is 2. The van der Waals surface area contributed by atoms with Crippen LogP contribution < -0.4 is 10.2 Å². The average molecular weight is 311 g/mol. The predicted octanol–water partition coefficient (Wildman–Crippen LogP) is 2.41. The molecule has 2 N–H and O–H groups in total. The van der Waals surface area contributed by atoms with E-state index in [9.17, 15) is 4.79 Å². The molecule has 1 aromatic heterocycles. The van der Waals surface area contributed by atoms with Crippen molar-refractivity contribution in [3.63, 3.8) is 0 Å². The second-order valence-electron chi connectivity index (χ2n) is 5.20. The van der Waals surface area contributed by atoms with Crippen molar-refractivity contribution >= 4 is 16.8 Å². The van der Waals surface area contributed by atoms with Gasteiger partial charge in [-0.05, 0) is 36.2 Å². The van der Waals surface area contributed by atoms with E-state index in [0.717, 1.165) is 29.6 Å². The van der Waals surface area contributed by atoms with Crippen molar-refractivity contribution in [1.29, 1.82) is 0 Å². The zero-order valence-electron chi connectivity index (χ0n) is 12.7. The van der Waals surface area contributed by atoms with Crippen LogP contribution in [0.15, 0.2) is 48.7 Å². The maximum atomic E-state index is 11.4. The Bertz CT molecular complexity index is 825. The Morgan fingerprint density at radius 2 is 2.04 bits per heavy atom. The molecule has 0 aliphatic carbocycles. The highest BCUT2D eigenvalue weighted by atomic mass is 16.5. The summed E-state index contributed by atoms with van der Waals surface area (Å²) in [5, 5.41) is 14.1. The number of aromatic nitrogens is 2. The van der Waals surface area contributed by atoms with Gasteiger partial charge in [-0.15, -0.1) is 0 Å². The van der Waals surface area contributed by atoms with E-state index in [-0.39, 0.29) is 0 Å².